The summed E-state index contributed by atoms with van der Waals surface area (Å²) in [6.07, 6.45) is 6.86. The van der Waals surface area contributed by atoms with Gasteiger partial charge in [-0.3, -0.25) is 74.5 Å². The molecule has 0 saturated carbocycles. The van der Waals surface area contributed by atoms with Crippen molar-refractivity contribution in [2.24, 2.45) is 15.7 Å². The summed E-state index contributed by atoms with van der Waals surface area (Å²) in [5.74, 6) is 5.69. The molecule has 614 valence electrons. The number of hydrogen-bond donors (Lipinski definition) is 5. The number of nitrogen functional groups attached to an aromatic ring is 1. The first-order valence-corrected chi connectivity index (χ1v) is 52.7. The van der Waals surface area contributed by atoms with Gasteiger partial charge in [0.25, 0.3) is 34.3 Å². The van der Waals surface area contributed by atoms with E-state index in [0.29, 0.717) is 114 Å². The maximum atomic E-state index is 10.9. The molecular weight excluding hydrogens is 1900 g/mol. The maximum absolute atomic E-state index is 10.9. The van der Waals surface area contributed by atoms with Crippen LogP contribution in [-0.2, 0) is 130 Å². The highest BCUT2D eigenvalue weighted by molar-refractivity contribution is 14.1. The quantitative estimate of drug-likeness (QED) is 0.00986. The molecule has 8 heterocycles. The number of anilines is 4. The van der Waals surface area contributed by atoms with E-state index in [1.54, 1.807) is 113 Å². The van der Waals surface area contributed by atoms with Gasteiger partial charge >= 0.3 is 0 Å². The Morgan fingerprint density at radius 3 is 1.52 bits per heavy atom. The molecule has 0 saturated heterocycles. The largest absolute Gasteiger partial charge is 0.485 e. The highest BCUT2D eigenvalue weighted by Gasteiger charge is 2.24. The minimum atomic E-state index is -0.527. The molecule has 7 N–H and O–H groups in total. The normalized spacial score (nSPS) is 13.3. The molecule has 8 aromatic rings. The monoisotopic (exact) mass is 1970 g/mol. The second-order valence-electron chi connectivity index (χ2n) is 21.6. The van der Waals surface area contributed by atoms with E-state index in [4.69, 9.17) is 101 Å². The van der Waals surface area contributed by atoms with Crippen LogP contribution in [0.15, 0.2) is 144 Å². The van der Waals surface area contributed by atoms with Crippen LogP contribution in [0.2, 0.25) is 0 Å². The molecule has 14 rings (SSSR count). The molecule has 0 aliphatic carbocycles. The molecule has 0 radical (unpaired) electrons. The number of ether oxygens (including phenoxy) is 9. The van der Waals surface area contributed by atoms with Gasteiger partial charge in [0.05, 0.1) is 78.4 Å². The maximum Gasteiger partial charge on any atom is 0.271 e. The first kappa shape index (κ1) is 97.5. The van der Waals surface area contributed by atoms with Crippen LogP contribution in [0.3, 0.4) is 0 Å². The number of hydrogen-bond acceptors (Lipinski definition) is 30. The summed E-state index contributed by atoms with van der Waals surface area (Å²) in [6, 6.07) is 27.4. The van der Waals surface area contributed by atoms with Crippen LogP contribution in [0.5, 0.6) is 34.5 Å². The highest BCUT2D eigenvalue weighted by atomic mass is 127. The number of alkyl halides is 1. The fraction of sp³-hybridized carbons (Fsp3) is 0.270. The minimum absolute atomic E-state index is 0. The number of imidazole rings is 2. The zero-order valence-corrected chi connectivity index (χ0v) is 74.6. The van der Waals surface area contributed by atoms with Crippen molar-refractivity contribution < 1.29 is 72.0 Å². The second-order valence-corrected chi connectivity index (χ2v) is 47.9. The minimum Gasteiger partial charge on any atom is -0.485 e. The van der Waals surface area contributed by atoms with E-state index in [-0.39, 0.29) is 67.8 Å². The number of nitrogens with two attached hydrogens (primary N) is 2. The number of amides is 1. The zero-order valence-electron chi connectivity index (χ0n) is 59.9. The van der Waals surface area contributed by atoms with Gasteiger partial charge in [0, 0.05) is 140 Å². The van der Waals surface area contributed by atoms with Gasteiger partial charge in [0.1, 0.15) is 84.0 Å². The van der Waals surface area contributed by atoms with Gasteiger partial charge in [0.2, 0.25) is 0 Å². The molecular formula is C63H69IN16O20P4S11. The Bertz CT molecular complexity index is 5160. The van der Waals surface area contributed by atoms with E-state index >= 15 is 0 Å². The number of aromatic nitrogens is 4. The summed E-state index contributed by atoms with van der Waals surface area (Å²) in [5.41, 5.74) is 16.1. The second kappa shape index (κ2) is 51.9. The van der Waals surface area contributed by atoms with E-state index in [1.165, 1.54) is 82.7 Å². The molecule has 1 amide bonds. The lowest BCUT2D eigenvalue weighted by Gasteiger charge is -2.20. The number of nitrogens with one attached hydrogen (secondary N) is 3. The number of aliphatic imine (C=N–C) groups is 2. The molecule has 52 heteroatoms. The molecule has 6 aliphatic heterocycles. The summed E-state index contributed by atoms with van der Waals surface area (Å²) >= 11 is 21.7. The zero-order chi connectivity index (χ0) is 83.2. The third-order valence-electron chi connectivity index (χ3n) is 14.2. The number of rotatable bonds is 14. The van der Waals surface area contributed by atoms with Crippen molar-refractivity contribution in [2.45, 2.75) is 46.9 Å². The fourth-order valence-electron chi connectivity index (χ4n) is 9.02. The number of thiocarbonyl (C=S) groups is 1. The van der Waals surface area contributed by atoms with Gasteiger partial charge in [-0.15, -0.1) is 0 Å². The lowest BCUT2D eigenvalue weighted by Crippen LogP contribution is -2.27. The molecule has 0 spiro atoms. The van der Waals surface area contributed by atoms with Crippen LogP contribution in [0.25, 0.3) is 11.4 Å². The summed E-state index contributed by atoms with van der Waals surface area (Å²) in [6.45, 7) is 6.44. The van der Waals surface area contributed by atoms with Crippen LogP contribution >= 0.6 is 62.9 Å². The summed E-state index contributed by atoms with van der Waals surface area (Å²) in [7, 11) is 20.0. The molecule has 0 bridgehead atoms. The van der Waals surface area contributed by atoms with Crippen molar-refractivity contribution in [1.82, 2.24) is 19.1 Å². The Hall–Kier alpha value is -8.06. The van der Waals surface area contributed by atoms with Crippen LogP contribution < -0.4 is 55.8 Å². The fourth-order valence-corrected chi connectivity index (χ4v) is 44.5. The van der Waals surface area contributed by atoms with Crippen LogP contribution in [-0.4, -0.2) is 144 Å². The Morgan fingerprint density at radius 2 is 1.03 bits per heavy atom. The summed E-state index contributed by atoms with van der Waals surface area (Å²) in [5, 5.41) is 61.1. The predicted octanol–water partition coefficient (Wildman–Crippen LogP) is 14.3. The average molecular weight is 1970 g/mol. The summed E-state index contributed by atoms with van der Waals surface area (Å²) in [4.78, 5) is 80.6. The third kappa shape index (κ3) is 31.7. The van der Waals surface area contributed by atoms with E-state index < -0.39 is 24.6 Å². The topological polar surface area (TPSA) is 464 Å². The SMILES string of the molecule is C.CC1=Nc2cc([N+](=O)[O-])ccc2OC1.CI.COC(C)CN=C1COc2ccc([N+](=O)[O-])cc2N1.COC(CN)OC.Nc1ccc2c(c1)-n1ccnc1CO2.O=C1COc2ccc([N+](=O)[O-])cc2N1.O=[N+]([O-])c1ccc2c(c1)-n1ccnc1CO2.O=[N+]([O-])c1ccc2c(c1)NC(=S)CO2.S=PP(P=S)P=S=S=S=S=S=S=S=S. The Kier molecular flexibility index (Phi) is 44.0. The van der Waals surface area contributed by atoms with Crippen LogP contribution in [0.4, 0.5) is 56.9 Å². The lowest BCUT2D eigenvalue weighted by atomic mass is 10.2. The van der Waals surface area contributed by atoms with Crippen molar-refractivity contribution in [3.05, 3.63) is 196 Å². The van der Waals surface area contributed by atoms with Crippen molar-refractivity contribution >= 4 is 240 Å². The first-order chi connectivity index (χ1) is 54.9. The number of halogens is 1. The molecule has 1 atom stereocenters. The Labute approximate surface area is 716 Å². The Morgan fingerprint density at radius 1 is 0.591 bits per heavy atom. The first-order valence-electron chi connectivity index (χ1n) is 31.6. The third-order valence-corrected chi connectivity index (χ3v) is 48.2. The number of fused-ring (bicyclic) bond motifs is 10. The van der Waals surface area contributed by atoms with Crippen LogP contribution in [0.1, 0.15) is 32.9 Å². The number of nitro benzene ring substituents is 5. The molecule has 36 nitrogen and oxygen atoms in total. The number of non-ortho nitro benzene ring substituents is 5. The summed E-state index contributed by atoms with van der Waals surface area (Å²) < 4.78 is 50.3. The molecule has 6 aliphatic rings. The Balaban J connectivity index is 0.000000235. The average Bonchev–Trinajstić information content (AvgIpc) is 1.72. The number of carbonyl (C=O) groups is 1. The molecule has 1 unspecified atom stereocenters. The van der Waals surface area contributed by atoms with E-state index in [1.807, 2.05) is 57.2 Å². The number of methoxy groups -OCH3 is 3. The molecule has 2 aromatic heterocycles. The number of carbonyl (C=O) groups excluding carboxylic acids is 1. The molecule has 6 aromatic carbocycles. The van der Waals surface area contributed by atoms with Crippen molar-refractivity contribution in [2.75, 3.05) is 87.5 Å². The van der Waals surface area contributed by atoms with Gasteiger partial charge in [-0.2, -0.15) is 0 Å². The molecule has 0 fully saturated rings. The predicted molar refractivity (Wildman–Crippen MR) is 486 cm³/mol. The van der Waals surface area contributed by atoms with Gasteiger partial charge in [-0.1, -0.05) is 65.8 Å². The van der Waals surface area contributed by atoms with E-state index in [2.05, 4.69) is 58.5 Å². The number of amidine groups is 1. The number of nitro groups is 5. The standard InChI is InChI=1S/C12H15N3O4.C10H7N3O3.C10H9N3O.C9H8N2O3.C8H6N2O4.C8H6N2O3S.C4H11NO2.CH3I.CH4.P4S10/c1-8(18-2)6-13-12-7-19-11-4-3-9(15(16)17)5-10(11)14-12;14-13(15)7-1-2-9-8(5-7)12-4-3-11-10(12)6-16-9;11-7-1-2-9-8(5-7)13-4-3-12-10(13)6-14-9;1-6-5-14-9-3-2-7(11(12)13)4-8(9)10-6;11-8-4-14-7-2-1-5(10(12)13)3-6(7)9-8;11-10(12)5-1-2-7-6(3-5)9-8(14)4-13-7;1-6-4(3-5)7-2;1-2;;5-1-4(2-6)3-8-10-12-14-13-11-9-7/h3-5,8H,6-7H2,1-2H3,(H,13,14);1-5H,6H2;1-5H,6,11H2;2-4H,5H2,1H3;1-3H,4H2,(H,9,11);1-3H,4H2,(H,9,14);4H,3,5H2,1-2H3;1H3;1H4;. The lowest BCUT2D eigenvalue weighted by molar-refractivity contribution is -0.385. The van der Waals surface area contributed by atoms with Gasteiger partial charge in [0.15, 0.2) is 24.5 Å². The van der Waals surface area contributed by atoms with Crippen molar-refractivity contribution in [3.8, 4) is 45.9 Å². The van der Waals surface area contributed by atoms with E-state index in [9.17, 15) is 55.4 Å². The highest BCUT2D eigenvalue weighted by Crippen LogP contribution is 2.69. The number of nitrogens with zero attached hydrogens (tertiary/aromatic N) is 11. The number of benzene rings is 6. The molecule has 115 heavy (non-hydrogen) atoms. The van der Waals surface area contributed by atoms with Gasteiger partial charge in [-0.05, 0) is 141 Å². The van der Waals surface area contributed by atoms with E-state index in [0.717, 1.165) is 48.6 Å². The van der Waals surface area contributed by atoms with Crippen LogP contribution in [0, 0.1) is 50.6 Å². The van der Waals surface area contributed by atoms with Gasteiger partial charge in [-0.25, -0.2) is 9.97 Å². The van der Waals surface area contributed by atoms with Crippen molar-refractivity contribution in [1.29, 1.82) is 0 Å². The van der Waals surface area contributed by atoms with Crippen molar-refractivity contribution in [3.63, 3.8) is 0 Å². The smallest absolute Gasteiger partial charge is 0.271 e. The van der Waals surface area contributed by atoms with Gasteiger partial charge < -0.3 is 70.0 Å².